The second kappa shape index (κ2) is 6.71. The minimum Gasteiger partial charge on any atom is -0.398 e. The Kier molecular flexibility index (Phi) is 4.95. The molecular formula is C15H18N2O3S. The number of anilines is 1. The highest BCUT2D eigenvalue weighted by molar-refractivity contribution is 7.89. The van der Waals surface area contributed by atoms with Crippen LogP contribution in [0, 0.1) is 0 Å². The zero-order chi connectivity index (χ0) is 15.3. The van der Waals surface area contributed by atoms with Gasteiger partial charge >= 0.3 is 0 Å². The van der Waals surface area contributed by atoms with E-state index in [1.54, 1.807) is 24.3 Å². The standard InChI is InChI=1S/C15H18N2O3S/c1-20-11-10-17-21(18,19)13-8-6-12(7-9-13)14-4-2-3-5-15(14)16/h2-9,17H,10-11,16H2,1H3. The van der Waals surface area contributed by atoms with E-state index in [0.717, 1.165) is 11.1 Å². The van der Waals surface area contributed by atoms with Gasteiger partial charge in [0.15, 0.2) is 0 Å². The lowest BCUT2D eigenvalue weighted by molar-refractivity contribution is 0.204. The highest BCUT2D eigenvalue weighted by atomic mass is 32.2. The van der Waals surface area contributed by atoms with E-state index in [-0.39, 0.29) is 11.4 Å². The molecule has 0 radical (unpaired) electrons. The van der Waals surface area contributed by atoms with Crippen molar-refractivity contribution in [3.63, 3.8) is 0 Å². The van der Waals surface area contributed by atoms with Crippen LogP contribution in [0.25, 0.3) is 11.1 Å². The van der Waals surface area contributed by atoms with Crippen LogP contribution in [0.1, 0.15) is 0 Å². The zero-order valence-corrected chi connectivity index (χ0v) is 12.6. The average molecular weight is 306 g/mol. The number of hydrogen-bond donors (Lipinski definition) is 2. The zero-order valence-electron chi connectivity index (χ0n) is 11.7. The van der Waals surface area contributed by atoms with Gasteiger partial charge in [0.2, 0.25) is 10.0 Å². The summed E-state index contributed by atoms with van der Waals surface area (Å²) in [6.45, 7) is 0.573. The van der Waals surface area contributed by atoms with E-state index in [9.17, 15) is 8.42 Å². The number of sulfonamides is 1. The maximum atomic E-state index is 12.0. The molecule has 5 nitrogen and oxygen atoms in total. The first kappa shape index (κ1) is 15.5. The maximum Gasteiger partial charge on any atom is 0.240 e. The number of rotatable bonds is 6. The fourth-order valence-corrected chi connectivity index (χ4v) is 2.95. The van der Waals surface area contributed by atoms with Gasteiger partial charge in [0.05, 0.1) is 11.5 Å². The Balaban J connectivity index is 2.21. The van der Waals surface area contributed by atoms with Crippen molar-refractivity contribution in [1.82, 2.24) is 4.72 Å². The van der Waals surface area contributed by atoms with Crippen LogP contribution in [0.2, 0.25) is 0 Å². The van der Waals surface area contributed by atoms with Gasteiger partial charge in [-0.05, 0) is 23.8 Å². The Labute approximate surface area is 124 Å². The van der Waals surface area contributed by atoms with Crippen molar-refractivity contribution < 1.29 is 13.2 Å². The first-order chi connectivity index (χ1) is 10.0. The van der Waals surface area contributed by atoms with Gasteiger partial charge in [-0.1, -0.05) is 30.3 Å². The van der Waals surface area contributed by atoms with Crippen molar-refractivity contribution in [2.75, 3.05) is 26.0 Å². The predicted octanol–water partition coefficient (Wildman–Crippen LogP) is 1.86. The summed E-state index contributed by atoms with van der Waals surface area (Å²) in [5.41, 5.74) is 8.33. The monoisotopic (exact) mass is 306 g/mol. The topological polar surface area (TPSA) is 81.4 Å². The van der Waals surface area contributed by atoms with Crippen molar-refractivity contribution in [3.8, 4) is 11.1 Å². The van der Waals surface area contributed by atoms with Gasteiger partial charge in [-0.15, -0.1) is 0 Å². The summed E-state index contributed by atoms with van der Waals surface area (Å²) >= 11 is 0. The van der Waals surface area contributed by atoms with Crippen molar-refractivity contribution >= 4 is 15.7 Å². The largest absolute Gasteiger partial charge is 0.398 e. The summed E-state index contributed by atoms with van der Waals surface area (Å²) in [6, 6.07) is 14.1. The molecule has 0 aliphatic heterocycles. The molecule has 0 heterocycles. The molecule has 2 rings (SSSR count). The third-order valence-corrected chi connectivity index (χ3v) is 4.51. The Bertz CT molecular complexity index is 697. The van der Waals surface area contributed by atoms with Crippen LogP contribution in [-0.4, -0.2) is 28.7 Å². The predicted molar refractivity (Wildman–Crippen MR) is 83.4 cm³/mol. The molecule has 0 fully saturated rings. The number of nitrogens with two attached hydrogens (primary N) is 1. The summed E-state index contributed by atoms with van der Waals surface area (Å²) < 4.78 is 31.4. The summed E-state index contributed by atoms with van der Waals surface area (Å²) in [5, 5.41) is 0. The fourth-order valence-electron chi connectivity index (χ4n) is 1.93. The minimum absolute atomic E-state index is 0.219. The van der Waals surface area contributed by atoms with E-state index in [4.69, 9.17) is 10.5 Å². The van der Waals surface area contributed by atoms with Crippen molar-refractivity contribution in [2.24, 2.45) is 0 Å². The second-order valence-corrected chi connectivity index (χ2v) is 6.27. The van der Waals surface area contributed by atoms with E-state index < -0.39 is 10.0 Å². The van der Waals surface area contributed by atoms with E-state index in [2.05, 4.69) is 4.72 Å². The first-order valence-corrected chi connectivity index (χ1v) is 7.96. The molecule has 6 heteroatoms. The quantitative estimate of drug-likeness (QED) is 0.630. The highest BCUT2D eigenvalue weighted by Crippen LogP contribution is 2.26. The molecule has 21 heavy (non-hydrogen) atoms. The Hall–Kier alpha value is -1.89. The summed E-state index contributed by atoms with van der Waals surface area (Å²) in [5.74, 6) is 0. The molecule has 0 aromatic heterocycles. The number of ether oxygens (including phenoxy) is 1. The Morgan fingerprint density at radius 1 is 1.10 bits per heavy atom. The van der Waals surface area contributed by atoms with Crippen LogP contribution in [0.5, 0.6) is 0 Å². The van der Waals surface area contributed by atoms with Crippen LogP contribution in [0.3, 0.4) is 0 Å². The van der Waals surface area contributed by atoms with Gasteiger partial charge in [0.1, 0.15) is 0 Å². The van der Waals surface area contributed by atoms with E-state index in [1.807, 2.05) is 24.3 Å². The lowest BCUT2D eigenvalue weighted by Crippen LogP contribution is -2.27. The normalized spacial score (nSPS) is 11.5. The smallest absolute Gasteiger partial charge is 0.240 e. The molecule has 2 aromatic rings. The van der Waals surface area contributed by atoms with Crippen molar-refractivity contribution in [3.05, 3.63) is 48.5 Å². The molecule has 0 unspecified atom stereocenters. The van der Waals surface area contributed by atoms with Crippen LogP contribution in [0.4, 0.5) is 5.69 Å². The van der Waals surface area contributed by atoms with E-state index >= 15 is 0 Å². The van der Waals surface area contributed by atoms with Gasteiger partial charge in [-0.25, -0.2) is 13.1 Å². The molecule has 0 bridgehead atoms. The molecule has 0 saturated heterocycles. The molecule has 0 saturated carbocycles. The summed E-state index contributed by atoms with van der Waals surface area (Å²) in [4.78, 5) is 0.219. The molecule has 0 amide bonds. The van der Waals surface area contributed by atoms with Crippen LogP contribution < -0.4 is 10.5 Å². The number of methoxy groups -OCH3 is 1. The highest BCUT2D eigenvalue weighted by Gasteiger charge is 2.13. The van der Waals surface area contributed by atoms with E-state index in [0.29, 0.717) is 12.3 Å². The van der Waals surface area contributed by atoms with Crippen LogP contribution in [0.15, 0.2) is 53.4 Å². The number of benzene rings is 2. The maximum absolute atomic E-state index is 12.0. The minimum atomic E-state index is -3.50. The molecule has 0 aliphatic rings. The Morgan fingerprint density at radius 3 is 2.38 bits per heavy atom. The molecule has 0 aliphatic carbocycles. The summed E-state index contributed by atoms with van der Waals surface area (Å²) in [6.07, 6.45) is 0. The van der Waals surface area contributed by atoms with Crippen LogP contribution in [-0.2, 0) is 14.8 Å². The molecule has 3 N–H and O–H groups in total. The number of nitrogen functional groups attached to an aromatic ring is 1. The van der Waals surface area contributed by atoms with Gasteiger partial charge in [-0.3, -0.25) is 0 Å². The SMILES string of the molecule is COCCNS(=O)(=O)c1ccc(-c2ccccc2N)cc1. The third-order valence-electron chi connectivity index (χ3n) is 3.03. The molecule has 2 aromatic carbocycles. The second-order valence-electron chi connectivity index (χ2n) is 4.50. The van der Waals surface area contributed by atoms with Gasteiger partial charge in [-0.2, -0.15) is 0 Å². The van der Waals surface area contributed by atoms with Gasteiger partial charge < -0.3 is 10.5 Å². The number of hydrogen-bond acceptors (Lipinski definition) is 4. The number of para-hydroxylation sites is 1. The van der Waals surface area contributed by atoms with Gasteiger partial charge in [0.25, 0.3) is 0 Å². The molecular weight excluding hydrogens is 288 g/mol. The van der Waals surface area contributed by atoms with Gasteiger partial charge in [0, 0.05) is 24.9 Å². The first-order valence-electron chi connectivity index (χ1n) is 6.48. The average Bonchev–Trinajstić information content (AvgIpc) is 2.48. The summed E-state index contributed by atoms with van der Waals surface area (Å²) in [7, 11) is -1.98. The van der Waals surface area contributed by atoms with Crippen molar-refractivity contribution in [1.29, 1.82) is 0 Å². The van der Waals surface area contributed by atoms with E-state index in [1.165, 1.54) is 7.11 Å². The number of nitrogens with one attached hydrogen (secondary N) is 1. The third kappa shape index (κ3) is 3.81. The lowest BCUT2D eigenvalue weighted by Gasteiger charge is -2.08. The fraction of sp³-hybridized carbons (Fsp3) is 0.200. The lowest BCUT2D eigenvalue weighted by atomic mass is 10.0. The van der Waals surface area contributed by atoms with Crippen molar-refractivity contribution in [2.45, 2.75) is 4.90 Å². The molecule has 0 atom stereocenters. The van der Waals surface area contributed by atoms with Crippen LogP contribution >= 0.6 is 0 Å². The molecule has 0 spiro atoms. The molecule has 112 valence electrons. The Morgan fingerprint density at radius 2 is 1.76 bits per heavy atom.